The highest BCUT2D eigenvalue weighted by molar-refractivity contribution is 5.77. The zero-order valence-corrected chi connectivity index (χ0v) is 15.0. The Balaban J connectivity index is 0.000000345. The SMILES string of the molecule is O=C(CCc1ccc(F)cc1F)N1CCN2CCC1CC2.O=C(O)C(F)(F)F. The number of halogens is 5. The Morgan fingerprint density at radius 1 is 1.07 bits per heavy atom. The van der Waals surface area contributed by atoms with E-state index in [9.17, 15) is 26.7 Å². The second kappa shape index (κ2) is 9.31. The van der Waals surface area contributed by atoms with Crippen molar-refractivity contribution in [3.8, 4) is 0 Å². The molecule has 1 aromatic rings. The first-order chi connectivity index (χ1) is 13.1. The van der Waals surface area contributed by atoms with Crippen molar-refractivity contribution in [2.24, 2.45) is 0 Å². The van der Waals surface area contributed by atoms with Crippen LogP contribution in [0.5, 0.6) is 0 Å². The predicted molar refractivity (Wildman–Crippen MR) is 89.5 cm³/mol. The van der Waals surface area contributed by atoms with Crippen LogP contribution in [0.25, 0.3) is 0 Å². The highest BCUT2D eigenvalue weighted by Crippen LogP contribution is 2.22. The van der Waals surface area contributed by atoms with Gasteiger partial charge in [0.05, 0.1) is 0 Å². The molecule has 3 aliphatic rings. The molecule has 0 spiro atoms. The molecular formula is C18H21F5N2O3. The molecule has 5 nitrogen and oxygen atoms in total. The van der Waals surface area contributed by atoms with E-state index in [2.05, 4.69) is 4.90 Å². The Hall–Kier alpha value is -2.23. The number of aliphatic carboxylic acids is 1. The van der Waals surface area contributed by atoms with E-state index in [1.807, 2.05) is 4.90 Å². The Kier molecular flexibility index (Phi) is 7.34. The molecule has 3 fully saturated rings. The number of hydrogen-bond acceptors (Lipinski definition) is 3. The number of piperidine rings is 1. The quantitative estimate of drug-likeness (QED) is 0.782. The molecule has 3 aliphatic heterocycles. The number of carboxylic acid groups (broad SMARTS) is 1. The summed E-state index contributed by atoms with van der Waals surface area (Å²) in [5.41, 5.74) is 0.410. The van der Waals surface area contributed by atoms with Crippen LogP contribution < -0.4 is 0 Å². The molecule has 2 bridgehead atoms. The standard InChI is InChI=1S/C16H20F2N2O.C2HF3O2/c17-13-3-1-12(15(18)11-13)2-4-16(21)20-10-9-19-7-5-14(20)6-8-19;3-2(4,5)1(6)7/h1,3,11,14H,2,4-10H2;(H,6,7). The second-order valence-electron chi connectivity index (χ2n) is 6.70. The molecule has 0 aliphatic carbocycles. The number of rotatable bonds is 3. The lowest BCUT2D eigenvalue weighted by Crippen LogP contribution is -2.41. The maximum Gasteiger partial charge on any atom is 0.490 e. The molecule has 1 amide bonds. The Labute approximate surface area is 158 Å². The lowest BCUT2D eigenvalue weighted by atomic mass is 10.0. The van der Waals surface area contributed by atoms with E-state index >= 15 is 0 Å². The molecule has 0 atom stereocenters. The van der Waals surface area contributed by atoms with Crippen LogP contribution in [0.2, 0.25) is 0 Å². The van der Waals surface area contributed by atoms with Crippen LogP contribution in [0.3, 0.4) is 0 Å². The molecular weight excluding hydrogens is 387 g/mol. The topological polar surface area (TPSA) is 60.9 Å². The van der Waals surface area contributed by atoms with Gasteiger partial charge in [-0.1, -0.05) is 6.07 Å². The highest BCUT2D eigenvalue weighted by Gasteiger charge is 2.38. The lowest BCUT2D eigenvalue weighted by Gasteiger charge is -2.31. The van der Waals surface area contributed by atoms with Crippen LogP contribution in [-0.4, -0.2) is 65.2 Å². The number of benzene rings is 1. The summed E-state index contributed by atoms with van der Waals surface area (Å²) in [6.07, 6.45) is -2.38. The monoisotopic (exact) mass is 408 g/mol. The number of carbonyl (C=O) groups is 2. The number of carbonyl (C=O) groups excluding carboxylic acids is 1. The van der Waals surface area contributed by atoms with E-state index in [0.29, 0.717) is 24.4 Å². The largest absolute Gasteiger partial charge is 0.490 e. The first kappa shape index (κ1) is 22.1. The van der Waals surface area contributed by atoms with E-state index < -0.39 is 23.8 Å². The zero-order chi connectivity index (χ0) is 20.9. The number of aryl methyl sites for hydroxylation is 1. The highest BCUT2D eigenvalue weighted by atomic mass is 19.4. The van der Waals surface area contributed by atoms with Crippen molar-refractivity contribution in [3.63, 3.8) is 0 Å². The Morgan fingerprint density at radius 2 is 1.68 bits per heavy atom. The minimum absolute atomic E-state index is 0.0903. The van der Waals surface area contributed by atoms with E-state index in [0.717, 1.165) is 45.1 Å². The Morgan fingerprint density at radius 3 is 2.21 bits per heavy atom. The minimum atomic E-state index is -5.08. The maximum atomic E-state index is 13.6. The van der Waals surface area contributed by atoms with E-state index in [4.69, 9.17) is 9.90 Å². The van der Waals surface area contributed by atoms with Gasteiger partial charge in [0.2, 0.25) is 5.91 Å². The normalized spacial score (nSPS) is 21.5. The number of carboxylic acids is 1. The zero-order valence-electron chi connectivity index (χ0n) is 15.0. The summed E-state index contributed by atoms with van der Waals surface area (Å²) in [7, 11) is 0. The van der Waals surface area contributed by atoms with Crippen LogP contribution in [-0.2, 0) is 16.0 Å². The summed E-state index contributed by atoms with van der Waals surface area (Å²) in [5.74, 6) is -3.81. The summed E-state index contributed by atoms with van der Waals surface area (Å²) in [4.78, 5) is 25.7. The molecule has 0 aromatic heterocycles. The minimum Gasteiger partial charge on any atom is -0.475 e. The van der Waals surface area contributed by atoms with Crippen molar-refractivity contribution < 1.29 is 36.6 Å². The van der Waals surface area contributed by atoms with Crippen LogP contribution in [0.1, 0.15) is 24.8 Å². The van der Waals surface area contributed by atoms with Gasteiger partial charge >= 0.3 is 12.1 Å². The first-order valence-electron chi connectivity index (χ1n) is 8.84. The van der Waals surface area contributed by atoms with Crippen LogP contribution in [0, 0.1) is 11.6 Å². The van der Waals surface area contributed by atoms with E-state index in [-0.39, 0.29) is 5.91 Å². The second-order valence-corrected chi connectivity index (χ2v) is 6.70. The fourth-order valence-electron chi connectivity index (χ4n) is 3.32. The maximum absolute atomic E-state index is 13.6. The molecule has 10 heteroatoms. The third-order valence-electron chi connectivity index (χ3n) is 4.84. The fourth-order valence-corrected chi connectivity index (χ4v) is 3.32. The van der Waals surface area contributed by atoms with Gasteiger partial charge in [0.25, 0.3) is 0 Å². The van der Waals surface area contributed by atoms with Gasteiger partial charge < -0.3 is 14.9 Å². The van der Waals surface area contributed by atoms with E-state index in [1.165, 1.54) is 12.1 Å². The lowest BCUT2D eigenvalue weighted by molar-refractivity contribution is -0.192. The van der Waals surface area contributed by atoms with Crippen molar-refractivity contribution >= 4 is 11.9 Å². The molecule has 1 aromatic carbocycles. The summed E-state index contributed by atoms with van der Waals surface area (Å²) in [5, 5.41) is 7.12. The summed E-state index contributed by atoms with van der Waals surface area (Å²) < 4.78 is 58.2. The molecule has 0 saturated carbocycles. The molecule has 0 unspecified atom stereocenters. The first-order valence-corrected chi connectivity index (χ1v) is 8.84. The number of fused-ring (bicyclic) bond motifs is 4. The molecule has 28 heavy (non-hydrogen) atoms. The number of hydrogen-bond donors (Lipinski definition) is 1. The van der Waals surface area contributed by atoms with Gasteiger partial charge in [0.15, 0.2) is 0 Å². The van der Waals surface area contributed by atoms with Gasteiger partial charge in [-0.25, -0.2) is 13.6 Å². The number of alkyl halides is 3. The average Bonchev–Trinajstić information content (AvgIpc) is 2.94. The summed E-state index contributed by atoms with van der Waals surface area (Å²) in [6, 6.07) is 3.89. The number of nitrogens with zero attached hydrogens (tertiary/aromatic N) is 2. The molecule has 156 valence electrons. The number of amides is 1. The van der Waals surface area contributed by atoms with Gasteiger partial charge in [0.1, 0.15) is 11.6 Å². The van der Waals surface area contributed by atoms with E-state index in [1.54, 1.807) is 0 Å². The fraction of sp³-hybridized carbons (Fsp3) is 0.556. The van der Waals surface area contributed by atoms with Crippen LogP contribution in [0.4, 0.5) is 22.0 Å². The smallest absolute Gasteiger partial charge is 0.475 e. The third-order valence-corrected chi connectivity index (χ3v) is 4.84. The van der Waals surface area contributed by atoms with Crippen molar-refractivity contribution in [1.29, 1.82) is 0 Å². The van der Waals surface area contributed by atoms with Gasteiger partial charge in [-0.3, -0.25) is 4.79 Å². The van der Waals surface area contributed by atoms with Crippen molar-refractivity contribution in [2.75, 3.05) is 26.2 Å². The van der Waals surface area contributed by atoms with Crippen LogP contribution >= 0.6 is 0 Å². The van der Waals surface area contributed by atoms with Crippen molar-refractivity contribution in [1.82, 2.24) is 9.80 Å². The van der Waals surface area contributed by atoms with Crippen molar-refractivity contribution in [3.05, 3.63) is 35.4 Å². The third kappa shape index (κ3) is 6.15. The summed E-state index contributed by atoms with van der Waals surface area (Å²) >= 11 is 0. The van der Waals surface area contributed by atoms with Gasteiger partial charge in [-0.15, -0.1) is 0 Å². The Bertz CT molecular complexity index is 703. The van der Waals surface area contributed by atoms with Gasteiger partial charge in [-0.05, 0) is 30.9 Å². The molecule has 1 N–H and O–H groups in total. The van der Waals surface area contributed by atoms with Gasteiger partial charge in [0, 0.05) is 44.7 Å². The molecule has 3 saturated heterocycles. The molecule has 0 radical (unpaired) electrons. The van der Waals surface area contributed by atoms with Crippen molar-refractivity contribution in [2.45, 2.75) is 37.9 Å². The molecule has 3 heterocycles. The predicted octanol–water partition coefficient (Wildman–Crippen LogP) is 2.84. The average molecular weight is 408 g/mol. The summed E-state index contributed by atoms with van der Waals surface area (Å²) in [6.45, 7) is 3.85. The molecule has 4 rings (SSSR count). The van der Waals surface area contributed by atoms with Gasteiger partial charge in [-0.2, -0.15) is 13.2 Å². The van der Waals surface area contributed by atoms with Crippen LogP contribution in [0.15, 0.2) is 18.2 Å².